The predicted octanol–water partition coefficient (Wildman–Crippen LogP) is 0.658. The van der Waals surface area contributed by atoms with Gasteiger partial charge < -0.3 is 10.2 Å². The molecule has 2 fully saturated rings. The van der Waals surface area contributed by atoms with E-state index in [0.717, 1.165) is 12.8 Å². The smallest absolute Gasteiger partial charge is 0.229 e. The fraction of sp³-hybridized carbons (Fsp3) is 0.900. The number of fused-ring (bicyclic) bond motifs is 2. The molecule has 1 N–H and O–H groups in total. The minimum absolute atomic E-state index is 0.0716. The summed E-state index contributed by atoms with van der Waals surface area (Å²) in [6.07, 6.45) is 4.84. The van der Waals surface area contributed by atoms with Gasteiger partial charge in [-0.3, -0.25) is 4.79 Å². The van der Waals surface area contributed by atoms with Crippen molar-refractivity contribution in [3.8, 4) is 0 Å². The molecule has 2 unspecified atom stereocenters. The van der Waals surface area contributed by atoms with Crippen LogP contribution in [0.15, 0.2) is 0 Å². The summed E-state index contributed by atoms with van der Waals surface area (Å²) >= 11 is 3.97. The van der Waals surface area contributed by atoms with Crippen LogP contribution in [0.5, 0.6) is 0 Å². The Bertz CT molecular complexity index is 220. The number of nitrogens with one attached hydrogen (secondary N) is 1. The molecule has 2 aliphatic rings. The molecule has 4 heteroatoms. The fourth-order valence-electron chi connectivity index (χ4n) is 2.80. The van der Waals surface area contributed by atoms with E-state index >= 15 is 0 Å². The molecule has 0 aromatic rings. The third kappa shape index (κ3) is 1.91. The maximum Gasteiger partial charge on any atom is 0.229 e. The average Bonchev–Trinajstić information content (AvgIpc) is 2.42. The Kier molecular flexibility index (Phi) is 3.02. The summed E-state index contributed by atoms with van der Waals surface area (Å²) in [5.41, 5.74) is 0. The van der Waals surface area contributed by atoms with E-state index in [1.807, 2.05) is 0 Å². The molecule has 2 aliphatic heterocycles. The summed E-state index contributed by atoms with van der Waals surface area (Å²) in [6, 6.07) is 1.78. The molecule has 14 heavy (non-hydrogen) atoms. The van der Waals surface area contributed by atoms with Gasteiger partial charge in [0.05, 0.1) is 5.75 Å². The number of hydrogen-bond donors (Lipinski definition) is 2. The van der Waals surface area contributed by atoms with E-state index in [1.165, 1.54) is 12.8 Å². The summed E-state index contributed by atoms with van der Waals surface area (Å²) in [4.78, 5) is 13.7. The van der Waals surface area contributed by atoms with Crippen molar-refractivity contribution in [2.75, 3.05) is 12.8 Å². The Hall–Kier alpha value is -0.220. The maximum atomic E-state index is 11.2. The minimum Gasteiger partial charge on any atom is -0.353 e. The first-order valence-corrected chi connectivity index (χ1v) is 5.96. The molecule has 0 aliphatic carbocycles. The van der Waals surface area contributed by atoms with Crippen LogP contribution in [0.4, 0.5) is 0 Å². The number of piperidine rings is 1. The number of thiol groups is 1. The van der Waals surface area contributed by atoms with Gasteiger partial charge in [-0.05, 0) is 32.7 Å². The summed E-state index contributed by atoms with van der Waals surface area (Å²) < 4.78 is 0. The highest BCUT2D eigenvalue weighted by Crippen LogP contribution is 2.34. The standard InChI is InChI=1S/C10H18N2OS/c1-12-8-2-3-9(12)5-7(4-8)11-10(13)6-14/h7-9,14H,2-6H2,1H3,(H,11,13). The lowest BCUT2D eigenvalue weighted by atomic mass is 9.98. The van der Waals surface area contributed by atoms with Crippen molar-refractivity contribution >= 4 is 18.5 Å². The number of carbonyl (C=O) groups excluding carboxylic acids is 1. The number of carbonyl (C=O) groups is 1. The zero-order valence-electron chi connectivity index (χ0n) is 8.57. The van der Waals surface area contributed by atoms with Crippen LogP contribution in [-0.4, -0.2) is 41.7 Å². The fourth-order valence-corrected chi connectivity index (χ4v) is 2.89. The van der Waals surface area contributed by atoms with Crippen LogP contribution in [0.25, 0.3) is 0 Å². The Morgan fingerprint density at radius 1 is 1.43 bits per heavy atom. The van der Waals surface area contributed by atoms with Crippen molar-refractivity contribution in [1.82, 2.24) is 10.2 Å². The van der Waals surface area contributed by atoms with Gasteiger partial charge in [-0.1, -0.05) is 0 Å². The third-order valence-corrected chi connectivity index (χ3v) is 3.89. The predicted molar refractivity (Wildman–Crippen MR) is 59.6 cm³/mol. The molecule has 0 saturated carbocycles. The van der Waals surface area contributed by atoms with Crippen LogP contribution in [-0.2, 0) is 4.79 Å². The Morgan fingerprint density at radius 3 is 2.50 bits per heavy atom. The number of amides is 1. The SMILES string of the molecule is CN1C2CCC1CC(NC(=O)CS)C2. The van der Waals surface area contributed by atoms with Crippen LogP contribution >= 0.6 is 12.6 Å². The van der Waals surface area contributed by atoms with E-state index in [-0.39, 0.29) is 5.91 Å². The molecule has 3 nitrogen and oxygen atoms in total. The van der Waals surface area contributed by atoms with Gasteiger partial charge in [0, 0.05) is 18.1 Å². The van der Waals surface area contributed by atoms with E-state index < -0.39 is 0 Å². The second kappa shape index (κ2) is 4.11. The molecule has 1 amide bonds. The third-order valence-electron chi connectivity index (χ3n) is 3.61. The molecule has 2 atom stereocenters. The van der Waals surface area contributed by atoms with Gasteiger partial charge in [0.1, 0.15) is 0 Å². The second-order valence-electron chi connectivity index (χ2n) is 4.44. The first-order chi connectivity index (χ1) is 6.70. The van der Waals surface area contributed by atoms with Crippen LogP contribution < -0.4 is 5.32 Å². The average molecular weight is 214 g/mol. The number of nitrogens with zero attached hydrogens (tertiary/aromatic N) is 1. The van der Waals surface area contributed by atoms with Crippen molar-refractivity contribution in [1.29, 1.82) is 0 Å². The van der Waals surface area contributed by atoms with Gasteiger partial charge in [0.15, 0.2) is 0 Å². The van der Waals surface area contributed by atoms with E-state index in [4.69, 9.17) is 0 Å². The van der Waals surface area contributed by atoms with Gasteiger partial charge in [0.25, 0.3) is 0 Å². The zero-order chi connectivity index (χ0) is 10.1. The van der Waals surface area contributed by atoms with Crippen LogP contribution in [0.1, 0.15) is 25.7 Å². The molecule has 2 bridgehead atoms. The molecule has 0 radical (unpaired) electrons. The van der Waals surface area contributed by atoms with Crippen molar-refractivity contribution in [3.05, 3.63) is 0 Å². The molecular formula is C10H18N2OS. The van der Waals surface area contributed by atoms with Crippen molar-refractivity contribution < 1.29 is 4.79 Å². The van der Waals surface area contributed by atoms with Crippen LogP contribution in [0.3, 0.4) is 0 Å². The van der Waals surface area contributed by atoms with Gasteiger partial charge in [0.2, 0.25) is 5.91 Å². The highest BCUT2D eigenvalue weighted by Gasteiger charge is 2.38. The lowest BCUT2D eigenvalue weighted by molar-refractivity contribution is -0.119. The maximum absolute atomic E-state index is 11.2. The van der Waals surface area contributed by atoms with Crippen LogP contribution in [0, 0.1) is 0 Å². The van der Waals surface area contributed by atoms with Crippen LogP contribution in [0.2, 0.25) is 0 Å². The zero-order valence-corrected chi connectivity index (χ0v) is 9.46. The molecule has 0 spiro atoms. The Morgan fingerprint density at radius 2 is 2.00 bits per heavy atom. The number of hydrogen-bond acceptors (Lipinski definition) is 3. The minimum atomic E-state index is 0.0716. The Labute approximate surface area is 90.6 Å². The topological polar surface area (TPSA) is 32.3 Å². The van der Waals surface area contributed by atoms with E-state index in [9.17, 15) is 4.79 Å². The molecule has 2 rings (SSSR count). The first kappa shape index (κ1) is 10.3. The highest BCUT2D eigenvalue weighted by atomic mass is 32.1. The summed E-state index contributed by atoms with van der Waals surface area (Å²) in [5, 5.41) is 3.05. The molecule has 80 valence electrons. The Balaban J connectivity index is 1.90. The van der Waals surface area contributed by atoms with Gasteiger partial charge >= 0.3 is 0 Å². The monoisotopic (exact) mass is 214 g/mol. The molecule has 2 heterocycles. The van der Waals surface area contributed by atoms with E-state index in [2.05, 4.69) is 29.9 Å². The van der Waals surface area contributed by atoms with Crippen molar-refractivity contribution in [3.63, 3.8) is 0 Å². The molecule has 0 aromatic heterocycles. The molecule has 2 saturated heterocycles. The van der Waals surface area contributed by atoms with Gasteiger partial charge in [-0.2, -0.15) is 12.6 Å². The largest absolute Gasteiger partial charge is 0.353 e. The number of rotatable bonds is 2. The van der Waals surface area contributed by atoms with E-state index in [1.54, 1.807) is 0 Å². The summed E-state index contributed by atoms with van der Waals surface area (Å²) in [5.74, 6) is 0.379. The molecule has 0 aromatic carbocycles. The van der Waals surface area contributed by atoms with Gasteiger partial charge in [-0.15, -0.1) is 0 Å². The summed E-state index contributed by atoms with van der Waals surface area (Å²) in [6.45, 7) is 0. The summed E-state index contributed by atoms with van der Waals surface area (Å²) in [7, 11) is 2.21. The highest BCUT2D eigenvalue weighted by molar-refractivity contribution is 7.81. The van der Waals surface area contributed by atoms with Crippen molar-refractivity contribution in [2.45, 2.75) is 43.8 Å². The molecular weight excluding hydrogens is 196 g/mol. The van der Waals surface area contributed by atoms with Crippen molar-refractivity contribution in [2.24, 2.45) is 0 Å². The van der Waals surface area contributed by atoms with E-state index in [0.29, 0.717) is 23.9 Å². The lowest BCUT2D eigenvalue weighted by Gasteiger charge is -2.36. The quantitative estimate of drug-likeness (QED) is 0.662. The normalized spacial score (nSPS) is 37.1. The first-order valence-electron chi connectivity index (χ1n) is 5.33. The lowest BCUT2D eigenvalue weighted by Crippen LogP contribution is -2.49. The second-order valence-corrected chi connectivity index (χ2v) is 4.76. The van der Waals surface area contributed by atoms with Gasteiger partial charge in [-0.25, -0.2) is 0 Å².